The second kappa shape index (κ2) is 3.97. The van der Waals surface area contributed by atoms with Gasteiger partial charge in [0, 0.05) is 10.9 Å². The van der Waals surface area contributed by atoms with E-state index in [-0.39, 0.29) is 5.41 Å². The van der Waals surface area contributed by atoms with E-state index in [1.54, 1.807) is 0 Å². The first-order valence-electron chi connectivity index (χ1n) is 7.02. The maximum atomic E-state index is 12.5. The van der Waals surface area contributed by atoms with E-state index in [9.17, 15) is 4.79 Å². The lowest BCUT2D eigenvalue weighted by atomic mass is 9.49. The Balaban J connectivity index is 1.81. The van der Waals surface area contributed by atoms with Crippen LogP contribution < -0.4 is 5.32 Å². The topological polar surface area (TPSA) is 29.1 Å². The summed E-state index contributed by atoms with van der Waals surface area (Å²) in [5.74, 6) is 1.93. The van der Waals surface area contributed by atoms with Gasteiger partial charge in [-0.3, -0.25) is 4.79 Å². The van der Waals surface area contributed by atoms with Crippen molar-refractivity contribution < 1.29 is 4.79 Å². The normalized spacial score (nSPS) is 47.2. The summed E-state index contributed by atoms with van der Waals surface area (Å²) in [6.07, 6.45) is 8.37. The van der Waals surface area contributed by atoms with E-state index in [4.69, 9.17) is 0 Å². The molecule has 4 fully saturated rings. The molecule has 0 aromatic rings. The van der Waals surface area contributed by atoms with Gasteiger partial charge in [0.2, 0.25) is 5.91 Å². The van der Waals surface area contributed by atoms with Crippen LogP contribution in [0.1, 0.15) is 51.9 Å². The van der Waals surface area contributed by atoms with E-state index in [1.165, 1.54) is 19.3 Å². The molecule has 4 aliphatic rings. The number of rotatable bonds is 3. The number of carbonyl (C=O) groups is 1. The Labute approximate surface area is 112 Å². The summed E-state index contributed by atoms with van der Waals surface area (Å²) in [5, 5.41) is 3.15. The highest BCUT2D eigenvalue weighted by Gasteiger charge is 2.59. The van der Waals surface area contributed by atoms with Crippen molar-refractivity contribution >= 4 is 21.8 Å². The molecule has 4 bridgehead atoms. The summed E-state index contributed by atoms with van der Waals surface area (Å²) in [5.41, 5.74) is -0.0250. The first-order valence-corrected chi connectivity index (χ1v) is 7.82. The molecule has 0 saturated heterocycles. The summed E-state index contributed by atoms with van der Waals surface area (Å²) in [6, 6.07) is 0. The lowest BCUT2D eigenvalue weighted by molar-refractivity contribution is -0.144. The number of carbonyl (C=O) groups excluding carboxylic acids is 1. The molecular formula is C14H22BrNO. The lowest BCUT2D eigenvalue weighted by Gasteiger charge is -2.59. The molecule has 3 heteroatoms. The molecule has 4 atom stereocenters. The van der Waals surface area contributed by atoms with Gasteiger partial charge in [-0.25, -0.2) is 0 Å². The van der Waals surface area contributed by atoms with Crippen LogP contribution in [0.25, 0.3) is 0 Å². The van der Waals surface area contributed by atoms with E-state index in [0.29, 0.717) is 10.2 Å². The van der Waals surface area contributed by atoms with Crippen LogP contribution in [-0.2, 0) is 4.79 Å². The first kappa shape index (κ1) is 12.0. The molecule has 1 N–H and O–H groups in total. The molecular weight excluding hydrogens is 278 g/mol. The number of alkyl halides is 1. The number of nitrogens with one attached hydrogen (secondary N) is 1. The molecule has 4 rings (SSSR count). The average Bonchev–Trinajstić information content (AvgIpc) is 2.22. The fraction of sp³-hybridized carbons (Fsp3) is 0.929. The largest absolute Gasteiger partial charge is 0.356 e. The van der Waals surface area contributed by atoms with Crippen molar-refractivity contribution in [2.45, 2.75) is 56.2 Å². The van der Waals surface area contributed by atoms with Gasteiger partial charge in [0.1, 0.15) is 0 Å². The number of halogens is 1. The number of amides is 1. The van der Waals surface area contributed by atoms with E-state index in [1.807, 2.05) is 0 Å². The van der Waals surface area contributed by atoms with Crippen LogP contribution in [0.15, 0.2) is 0 Å². The number of hydrogen-bond donors (Lipinski definition) is 1. The SMILES string of the molecule is CCCNC(=O)C12C[C@@H]3C[C@@H](CC(Br)(C3)C1)C2. The molecule has 0 aromatic heterocycles. The van der Waals surface area contributed by atoms with E-state index < -0.39 is 0 Å². The van der Waals surface area contributed by atoms with Crippen LogP contribution >= 0.6 is 15.9 Å². The third kappa shape index (κ3) is 1.94. The minimum absolute atomic E-state index is 0.0250. The van der Waals surface area contributed by atoms with Crippen molar-refractivity contribution in [3.63, 3.8) is 0 Å². The quantitative estimate of drug-likeness (QED) is 0.797. The maximum absolute atomic E-state index is 12.5. The molecule has 4 saturated carbocycles. The molecule has 96 valence electrons. The van der Waals surface area contributed by atoms with Crippen molar-refractivity contribution in [2.75, 3.05) is 6.54 Å². The second-order valence-electron chi connectivity index (χ2n) is 6.65. The minimum Gasteiger partial charge on any atom is -0.356 e. The van der Waals surface area contributed by atoms with Crippen molar-refractivity contribution in [2.24, 2.45) is 17.3 Å². The average molecular weight is 300 g/mol. The molecule has 2 nitrogen and oxygen atoms in total. The Morgan fingerprint density at radius 3 is 2.47 bits per heavy atom. The van der Waals surface area contributed by atoms with Crippen LogP contribution in [0.2, 0.25) is 0 Å². The zero-order chi connectivity index (χ0) is 12.1. The molecule has 0 aromatic carbocycles. The van der Waals surface area contributed by atoms with Gasteiger partial charge < -0.3 is 5.32 Å². The van der Waals surface area contributed by atoms with Crippen molar-refractivity contribution in [1.82, 2.24) is 5.32 Å². The molecule has 0 radical (unpaired) electrons. The predicted octanol–water partition coefficient (Wildman–Crippen LogP) is 3.25. The molecule has 0 heterocycles. The Morgan fingerprint density at radius 1 is 1.29 bits per heavy atom. The van der Waals surface area contributed by atoms with Crippen LogP contribution in [-0.4, -0.2) is 16.8 Å². The van der Waals surface area contributed by atoms with E-state index in [0.717, 1.165) is 44.1 Å². The van der Waals surface area contributed by atoms with Crippen LogP contribution in [0, 0.1) is 17.3 Å². The zero-order valence-corrected chi connectivity index (χ0v) is 12.2. The van der Waals surface area contributed by atoms with Gasteiger partial charge in [-0.05, 0) is 56.8 Å². The van der Waals surface area contributed by atoms with Crippen molar-refractivity contribution in [3.05, 3.63) is 0 Å². The monoisotopic (exact) mass is 299 g/mol. The maximum Gasteiger partial charge on any atom is 0.226 e. The molecule has 2 unspecified atom stereocenters. The van der Waals surface area contributed by atoms with Gasteiger partial charge in [-0.2, -0.15) is 0 Å². The van der Waals surface area contributed by atoms with E-state index >= 15 is 0 Å². The van der Waals surface area contributed by atoms with Gasteiger partial charge in [0.15, 0.2) is 0 Å². The first-order chi connectivity index (χ1) is 8.05. The number of hydrogen-bond acceptors (Lipinski definition) is 1. The highest BCUT2D eigenvalue weighted by atomic mass is 79.9. The van der Waals surface area contributed by atoms with Gasteiger partial charge in [-0.1, -0.05) is 22.9 Å². The van der Waals surface area contributed by atoms with Gasteiger partial charge >= 0.3 is 0 Å². The minimum atomic E-state index is -0.0250. The fourth-order valence-corrected chi connectivity index (χ4v) is 6.29. The Morgan fingerprint density at radius 2 is 1.94 bits per heavy atom. The fourth-order valence-electron chi connectivity index (χ4n) is 4.84. The smallest absolute Gasteiger partial charge is 0.226 e. The lowest BCUT2D eigenvalue weighted by Crippen LogP contribution is -2.58. The standard InChI is InChI=1S/C14H22BrNO/c1-2-3-16-12(17)13-5-10-4-11(6-13)8-14(15,7-10)9-13/h10-11H,2-9H2,1H3,(H,16,17)/t10-,11+,13?,14?. The zero-order valence-electron chi connectivity index (χ0n) is 10.6. The molecule has 0 spiro atoms. The summed E-state index contributed by atoms with van der Waals surface area (Å²) < 4.78 is 0.292. The third-order valence-corrected chi connectivity index (χ3v) is 5.93. The third-order valence-electron chi connectivity index (χ3n) is 5.01. The summed E-state index contributed by atoms with van der Waals surface area (Å²) in [4.78, 5) is 12.5. The van der Waals surface area contributed by atoms with Gasteiger partial charge in [0.25, 0.3) is 0 Å². The molecule has 0 aliphatic heterocycles. The van der Waals surface area contributed by atoms with Crippen molar-refractivity contribution in [3.8, 4) is 0 Å². The molecule has 17 heavy (non-hydrogen) atoms. The summed E-state index contributed by atoms with van der Waals surface area (Å²) in [6.45, 7) is 2.96. The van der Waals surface area contributed by atoms with Gasteiger partial charge in [-0.15, -0.1) is 0 Å². The van der Waals surface area contributed by atoms with Crippen LogP contribution in [0.5, 0.6) is 0 Å². The van der Waals surface area contributed by atoms with Crippen LogP contribution in [0.4, 0.5) is 0 Å². The Kier molecular flexibility index (Phi) is 2.81. The van der Waals surface area contributed by atoms with Crippen LogP contribution in [0.3, 0.4) is 0 Å². The van der Waals surface area contributed by atoms with Crippen molar-refractivity contribution in [1.29, 1.82) is 0 Å². The summed E-state index contributed by atoms with van der Waals surface area (Å²) >= 11 is 3.95. The molecule has 4 aliphatic carbocycles. The molecule has 1 amide bonds. The Bertz CT molecular complexity index is 327. The second-order valence-corrected chi connectivity index (χ2v) is 8.33. The van der Waals surface area contributed by atoms with E-state index in [2.05, 4.69) is 28.2 Å². The highest BCUT2D eigenvalue weighted by molar-refractivity contribution is 9.10. The highest BCUT2D eigenvalue weighted by Crippen LogP contribution is 2.64. The predicted molar refractivity (Wildman–Crippen MR) is 72.1 cm³/mol. The Hall–Kier alpha value is -0.0500. The van der Waals surface area contributed by atoms with Gasteiger partial charge in [0.05, 0.1) is 5.41 Å². The summed E-state index contributed by atoms with van der Waals surface area (Å²) in [7, 11) is 0.